The SMILES string of the molecule is O=C(c1cccc(N2CCCS2(=O)=O)c1)N1CCN(Cc2cc(=O)n3ccsc3n2)CC1. The average Bonchev–Trinajstić information content (AvgIpc) is 3.40. The molecule has 2 aromatic heterocycles. The Morgan fingerprint density at radius 3 is 2.66 bits per heavy atom. The number of fused-ring (bicyclic) bond motifs is 1. The Kier molecular flexibility index (Phi) is 5.48. The minimum absolute atomic E-state index is 0.0834. The van der Waals surface area contributed by atoms with Crippen LogP contribution in [-0.4, -0.2) is 72.0 Å². The third-order valence-corrected chi connectivity index (χ3v) is 8.51. The maximum atomic E-state index is 13.0. The summed E-state index contributed by atoms with van der Waals surface area (Å²) in [5.41, 5.74) is 1.70. The summed E-state index contributed by atoms with van der Waals surface area (Å²) in [6.07, 6.45) is 2.32. The molecule has 0 saturated carbocycles. The van der Waals surface area contributed by atoms with Crippen molar-refractivity contribution in [2.45, 2.75) is 13.0 Å². The van der Waals surface area contributed by atoms with E-state index < -0.39 is 10.0 Å². The largest absolute Gasteiger partial charge is 0.336 e. The number of nitrogens with zero attached hydrogens (tertiary/aromatic N) is 5. The highest BCUT2D eigenvalue weighted by atomic mass is 32.2. The van der Waals surface area contributed by atoms with Crippen LogP contribution in [0.2, 0.25) is 0 Å². The van der Waals surface area contributed by atoms with E-state index in [4.69, 9.17) is 0 Å². The first kappa shape index (κ1) is 21.1. The monoisotopic (exact) mass is 473 g/mol. The van der Waals surface area contributed by atoms with Crippen molar-refractivity contribution >= 4 is 37.9 Å². The number of sulfonamides is 1. The predicted molar refractivity (Wildman–Crippen MR) is 123 cm³/mol. The first-order chi connectivity index (χ1) is 15.4. The molecule has 2 fully saturated rings. The Labute approximate surface area is 189 Å². The molecule has 0 atom stereocenters. The van der Waals surface area contributed by atoms with Crippen LogP contribution >= 0.6 is 11.3 Å². The zero-order valence-electron chi connectivity index (χ0n) is 17.4. The van der Waals surface area contributed by atoms with E-state index in [1.807, 2.05) is 5.38 Å². The Bertz CT molecular complexity index is 1330. The lowest BCUT2D eigenvalue weighted by molar-refractivity contribution is 0.0627. The Balaban J connectivity index is 1.24. The minimum atomic E-state index is -3.28. The fraction of sp³-hybridized carbons (Fsp3) is 0.381. The van der Waals surface area contributed by atoms with Gasteiger partial charge < -0.3 is 4.90 Å². The van der Waals surface area contributed by atoms with Gasteiger partial charge in [-0.3, -0.25) is 23.2 Å². The van der Waals surface area contributed by atoms with E-state index in [1.54, 1.807) is 41.4 Å². The first-order valence-electron chi connectivity index (χ1n) is 10.5. The summed E-state index contributed by atoms with van der Waals surface area (Å²) in [4.78, 5) is 34.4. The van der Waals surface area contributed by atoms with Crippen molar-refractivity contribution in [2.24, 2.45) is 0 Å². The summed E-state index contributed by atoms with van der Waals surface area (Å²) in [6.45, 7) is 3.49. The van der Waals surface area contributed by atoms with Crippen LogP contribution in [-0.2, 0) is 16.6 Å². The van der Waals surface area contributed by atoms with Gasteiger partial charge in [0.25, 0.3) is 11.5 Å². The molecule has 0 radical (unpaired) electrons. The highest BCUT2D eigenvalue weighted by Crippen LogP contribution is 2.25. The number of hydrogen-bond acceptors (Lipinski definition) is 7. The van der Waals surface area contributed by atoms with Crippen molar-refractivity contribution in [2.75, 3.05) is 42.8 Å². The number of piperazine rings is 1. The second kappa shape index (κ2) is 8.30. The predicted octanol–water partition coefficient (Wildman–Crippen LogP) is 1.25. The maximum absolute atomic E-state index is 13.0. The van der Waals surface area contributed by atoms with Crippen LogP contribution in [0.3, 0.4) is 0 Å². The molecule has 168 valence electrons. The molecule has 2 aliphatic rings. The number of thiazole rings is 1. The van der Waals surface area contributed by atoms with E-state index in [9.17, 15) is 18.0 Å². The molecule has 1 amide bonds. The Morgan fingerprint density at radius 2 is 1.91 bits per heavy atom. The summed E-state index contributed by atoms with van der Waals surface area (Å²) in [6, 6.07) is 8.43. The van der Waals surface area contributed by atoms with Crippen molar-refractivity contribution in [3.63, 3.8) is 0 Å². The van der Waals surface area contributed by atoms with Crippen molar-refractivity contribution in [3.05, 3.63) is 63.5 Å². The molecule has 0 spiro atoms. The highest BCUT2D eigenvalue weighted by molar-refractivity contribution is 7.93. The van der Waals surface area contributed by atoms with Crippen LogP contribution in [0.1, 0.15) is 22.5 Å². The number of benzene rings is 1. The fourth-order valence-electron chi connectivity index (χ4n) is 4.21. The molecule has 2 saturated heterocycles. The van der Waals surface area contributed by atoms with Crippen LogP contribution in [0.25, 0.3) is 4.96 Å². The number of hydrogen-bond donors (Lipinski definition) is 0. The van der Waals surface area contributed by atoms with Gasteiger partial charge in [0.15, 0.2) is 4.96 Å². The zero-order chi connectivity index (χ0) is 22.3. The molecule has 5 rings (SSSR count). The van der Waals surface area contributed by atoms with E-state index in [1.165, 1.54) is 20.0 Å². The maximum Gasteiger partial charge on any atom is 0.258 e. The molecule has 0 aliphatic carbocycles. The van der Waals surface area contributed by atoms with Gasteiger partial charge in [-0.2, -0.15) is 0 Å². The number of carbonyl (C=O) groups is 1. The number of aromatic nitrogens is 2. The highest BCUT2D eigenvalue weighted by Gasteiger charge is 2.29. The van der Waals surface area contributed by atoms with Crippen LogP contribution < -0.4 is 9.86 Å². The second-order valence-corrected chi connectivity index (χ2v) is 10.9. The molecule has 2 aliphatic heterocycles. The fourth-order valence-corrected chi connectivity index (χ4v) is 6.51. The van der Waals surface area contributed by atoms with Crippen molar-refractivity contribution in [1.82, 2.24) is 19.2 Å². The molecule has 32 heavy (non-hydrogen) atoms. The van der Waals surface area contributed by atoms with Gasteiger partial charge in [-0.15, -0.1) is 11.3 Å². The molecule has 9 nitrogen and oxygen atoms in total. The van der Waals surface area contributed by atoms with Crippen LogP contribution in [0.5, 0.6) is 0 Å². The quantitative estimate of drug-likeness (QED) is 0.566. The van der Waals surface area contributed by atoms with E-state index in [2.05, 4.69) is 9.88 Å². The van der Waals surface area contributed by atoms with Gasteiger partial charge >= 0.3 is 0 Å². The summed E-state index contributed by atoms with van der Waals surface area (Å²) < 4.78 is 27.3. The molecule has 3 aromatic rings. The minimum Gasteiger partial charge on any atom is -0.336 e. The van der Waals surface area contributed by atoms with E-state index >= 15 is 0 Å². The third kappa shape index (κ3) is 4.03. The Morgan fingerprint density at radius 1 is 1.09 bits per heavy atom. The molecule has 0 unspecified atom stereocenters. The standard InChI is InChI=1S/C21H23N5O4S2/c27-19-14-17(22-21-25(19)10-11-31-21)15-23-6-8-24(9-7-23)20(28)16-3-1-4-18(13-16)26-5-2-12-32(26,29)30/h1,3-4,10-11,13-14H,2,5-9,12,15H2. The first-order valence-corrected chi connectivity index (χ1v) is 13.0. The van der Waals surface area contributed by atoms with Crippen molar-refractivity contribution in [3.8, 4) is 0 Å². The summed E-state index contributed by atoms with van der Waals surface area (Å²) in [7, 11) is -3.28. The van der Waals surface area contributed by atoms with E-state index in [0.717, 1.165) is 5.69 Å². The van der Waals surface area contributed by atoms with Gasteiger partial charge in [0.2, 0.25) is 10.0 Å². The zero-order valence-corrected chi connectivity index (χ0v) is 19.0. The normalized spacial score (nSPS) is 19.0. The van der Waals surface area contributed by atoms with Gasteiger partial charge in [-0.25, -0.2) is 13.4 Å². The number of anilines is 1. The smallest absolute Gasteiger partial charge is 0.258 e. The van der Waals surface area contributed by atoms with Crippen molar-refractivity contribution < 1.29 is 13.2 Å². The molecule has 0 bridgehead atoms. The van der Waals surface area contributed by atoms with Gasteiger partial charge in [0.1, 0.15) is 0 Å². The Hall–Kier alpha value is -2.76. The summed E-state index contributed by atoms with van der Waals surface area (Å²) >= 11 is 1.43. The van der Waals surface area contributed by atoms with Crippen LogP contribution in [0, 0.1) is 0 Å². The lowest BCUT2D eigenvalue weighted by Crippen LogP contribution is -2.48. The topological polar surface area (TPSA) is 95.3 Å². The molecule has 1 aromatic carbocycles. The van der Waals surface area contributed by atoms with E-state index in [-0.39, 0.29) is 17.2 Å². The van der Waals surface area contributed by atoms with Gasteiger partial charge in [0, 0.05) is 62.5 Å². The lowest BCUT2D eigenvalue weighted by Gasteiger charge is -2.34. The van der Waals surface area contributed by atoms with Crippen LogP contribution in [0.15, 0.2) is 46.7 Å². The van der Waals surface area contributed by atoms with Crippen LogP contribution in [0.4, 0.5) is 5.69 Å². The molecule has 0 N–H and O–H groups in total. The molecular formula is C21H23N5O4S2. The summed E-state index contributed by atoms with van der Waals surface area (Å²) in [5, 5.41) is 1.84. The van der Waals surface area contributed by atoms with Gasteiger partial charge in [0.05, 0.1) is 17.1 Å². The summed E-state index contributed by atoms with van der Waals surface area (Å²) in [5.74, 6) is 0.0490. The number of amides is 1. The van der Waals surface area contributed by atoms with Crippen molar-refractivity contribution in [1.29, 1.82) is 0 Å². The molecule has 4 heterocycles. The average molecular weight is 474 g/mol. The molecule has 11 heteroatoms. The number of carbonyl (C=O) groups excluding carboxylic acids is 1. The second-order valence-electron chi connectivity index (χ2n) is 8.00. The van der Waals surface area contributed by atoms with Gasteiger partial charge in [-0.05, 0) is 24.6 Å². The number of rotatable bonds is 4. The third-order valence-electron chi connectivity index (χ3n) is 5.88. The molecular weight excluding hydrogens is 450 g/mol. The van der Waals surface area contributed by atoms with E-state index in [0.29, 0.717) is 61.9 Å². The van der Waals surface area contributed by atoms with Gasteiger partial charge in [-0.1, -0.05) is 6.07 Å². The lowest BCUT2D eigenvalue weighted by atomic mass is 10.1.